The average Bonchev–Trinajstić information content (AvgIpc) is 2.87. The third-order valence-electron chi connectivity index (χ3n) is 4.34. The topological polar surface area (TPSA) is 58.6 Å². The first kappa shape index (κ1) is 18.3. The Labute approximate surface area is 152 Å². The van der Waals surface area contributed by atoms with Crippen molar-refractivity contribution in [3.05, 3.63) is 53.9 Å². The first-order valence-corrected chi connectivity index (χ1v) is 8.76. The van der Waals surface area contributed by atoms with Gasteiger partial charge in [-0.2, -0.15) is 0 Å². The molecule has 0 saturated carbocycles. The SMILES string of the molecule is Cc1ncc(CN2CCCN(C(=O)COc3cccc(F)c3)CC2)cn1. The van der Waals surface area contributed by atoms with E-state index in [1.54, 1.807) is 12.1 Å². The van der Waals surface area contributed by atoms with Crippen molar-refractivity contribution in [2.45, 2.75) is 19.9 Å². The quantitative estimate of drug-likeness (QED) is 0.819. The third kappa shape index (κ3) is 5.23. The summed E-state index contributed by atoms with van der Waals surface area (Å²) >= 11 is 0. The Morgan fingerprint density at radius 1 is 1.19 bits per heavy atom. The number of nitrogens with zero attached hydrogens (tertiary/aromatic N) is 4. The Morgan fingerprint density at radius 3 is 2.77 bits per heavy atom. The van der Waals surface area contributed by atoms with Crippen LogP contribution in [0.25, 0.3) is 0 Å². The molecule has 26 heavy (non-hydrogen) atoms. The molecule has 0 unspecified atom stereocenters. The van der Waals surface area contributed by atoms with Gasteiger partial charge in [0.1, 0.15) is 17.4 Å². The molecule has 138 valence electrons. The lowest BCUT2D eigenvalue weighted by Crippen LogP contribution is -2.38. The minimum absolute atomic E-state index is 0.0742. The van der Waals surface area contributed by atoms with E-state index < -0.39 is 0 Å². The van der Waals surface area contributed by atoms with E-state index in [9.17, 15) is 9.18 Å². The molecule has 2 heterocycles. The number of hydrogen-bond acceptors (Lipinski definition) is 5. The third-order valence-corrected chi connectivity index (χ3v) is 4.34. The maximum Gasteiger partial charge on any atom is 0.260 e. The number of aromatic nitrogens is 2. The molecule has 1 aliphatic rings. The van der Waals surface area contributed by atoms with Crippen molar-refractivity contribution in [3.63, 3.8) is 0 Å². The van der Waals surface area contributed by atoms with E-state index in [1.807, 2.05) is 24.2 Å². The second kappa shape index (κ2) is 8.71. The highest BCUT2D eigenvalue weighted by atomic mass is 19.1. The van der Waals surface area contributed by atoms with Crippen molar-refractivity contribution in [2.24, 2.45) is 0 Å². The molecule has 6 nitrogen and oxygen atoms in total. The summed E-state index contributed by atoms with van der Waals surface area (Å²) in [6.45, 7) is 5.63. The maximum absolute atomic E-state index is 13.2. The number of amides is 1. The molecule has 1 saturated heterocycles. The fourth-order valence-corrected chi connectivity index (χ4v) is 2.93. The molecule has 1 aromatic heterocycles. The molecule has 0 N–H and O–H groups in total. The number of carbonyl (C=O) groups excluding carboxylic acids is 1. The van der Waals surface area contributed by atoms with E-state index in [1.165, 1.54) is 12.1 Å². The van der Waals surface area contributed by atoms with Crippen LogP contribution >= 0.6 is 0 Å². The van der Waals surface area contributed by atoms with Crippen LogP contribution in [0.2, 0.25) is 0 Å². The van der Waals surface area contributed by atoms with Gasteiger partial charge in [-0.05, 0) is 25.5 Å². The highest BCUT2D eigenvalue weighted by molar-refractivity contribution is 5.77. The summed E-state index contributed by atoms with van der Waals surface area (Å²) in [5, 5.41) is 0. The number of benzene rings is 1. The second-order valence-corrected chi connectivity index (χ2v) is 6.40. The monoisotopic (exact) mass is 358 g/mol. The summed E-state index contributed by atoms with van der Waals surface area (Å²) in [5.41, 5.74) is 1.07. The van der Waals surface area contributed by atoms with Gasteiger partial charge >= 0.3 is 0 Å². The van der Waals surface area contributed by atoms with Crippen molar-refractivity contribution in [3.8, 4) is 5.75 Å². The zero-order chi connectivity index (χ0) is 18.4. The van der Waals surface area contributed by atoms with E-state index in [0.717, 1.165) is 37.4 Å². The maximum atomic E-state index is 13.2. The van der Waals surface area contributed by atoms with Crippen LogP contribution < -0.4 is 4.74 Å². The van der Waals surface area contributed by atoms with Crippen LogP contribution in [0.4, 0.5) is 4.39 Å². The minimum atomic E-state index is -0.375. The molecule has 1 aromatic carbocycles. The van der Waals surface area contributed by atoms with Gasteiger partial charge in [-0.15, -0.1) is 0 Å². The van der Waals surface area contributed by atoms with Crippen LogP contribution in [0.3, 0.4) is 0 Å². The molecule has 0 aliphatic carbocycles. The first-order valence-electron chi connectivity index (χ1n) is 8.76. The minimum Gasteiger partial charge on any atom is -0.484 e. The summed E-state index contributed by atoms with van der Waals surface area (Å²) in [7, 11) is 0. The summed E-state index contributed by atoms with van der Waals surface area (Å²) in [6, 6.07) is 5.83. The van der Waals surface area contributed by atoms with E-state index in [0.29, 0.717) is 18.8 Å². The van der Waals surface area contributed by atoms with E-state index >= 15 is 0 Å². The van der Waals surface area contributed by atoms with E-state index in [-0.39, 0.29) is 18.3 Å². The molecule has 0 spiro atoms. The number of ether oxygens (including phenoxy) is 1. The Balaban J connectivity index is 1.48. The van der Waals surface area contributed by atoms with Gasteiger partial charge in [0, 0.05) is 56.7 Å². The zero-order valence-electron chi connectivity index (χ0n) is 14.9. The predicted molar refractivity (Wildman–Crippen MR) is 95.1 cm³/mol. The van der Waals surface area contributed by atoms with Crippen LogP contribution in [0.15, 0.2) is 36.7 Å². The van der Waals surface area contributed by atoms with Gasteiger partial charge in [0.05, 0.1) is 0 Å². The lowest BCUT2D eigenvalue weighted by atomic mass is 10.3. The summed E-state index contributed by atoms with van der Waals surface area (Å²) in [4.78, 5) is 24.9. The highest BCUT2D eigenvalue weighted by Crippen LogP contribution is 2.13. The zero-order valence-corrected chi connectivity index (χ0v) is 14.9. The Bertz CT molecular complexity index is 739. The second-order valence-electron chi connectivity index (χ2n) is 6.40. The number of hydrogen-bond donors (Lipinski definition) is 0. The Hall–Kier alpha value is -2.54. The molecule has 1 amide bonds. The molecule has 0 bridgehead atoms. The van der Waals surface area contributed by atoms with Crippen LogP contribution in [0.5, 0.6) is 5.75 Å². The van der Waals surface area contributed by atoms with Gasteiger partial charge < -0.3 is 9.64 Å². The number of aryl methyl sites for hydroxylation is 1. The first-order chi connectivity index (χ1) is 12.6. The standard InChI is InChI=1S/C19H23FN4O2/c1-15-21-11-16(12-22-15)13-23-6-3-7-24(9-8-23)19(25)14-26-18-5-2-4-17(20)10-18/h2,4-5,10-12H,3,6-9,13-14H2,1H3. The van der Waals surface area contributed by atoms with Crippen molar-refractivity contribution in [2.75, 3.05) is 32.8 Å². The number of rotatable bonds is 5. The van der Waals surface area contributed by atoms with Gasteiger partial charge in [-0.25, -0.2) is 14.4 Å². The van der Waals surface area contributed by atoms with Crippen LogP contribution in [0, 0.1) is 12.7 Å². The molecular weight excluding hydrogens is 335 g/mol. The summed E-state index contributed by atoms with van der Waals surface area (Å²) < 4.78 is 18.6. The van der Waals surface area contributed by atoms with Gasteiger partial charge in [-0.3, -0.25) is 9.69 Å². The molecular formula is C19H23FN4O2. The lowest BCUT2D eigenvalue weighted by molar-refractivity contribution is -0.133. The van der Waals surface area contributed by atoms with Gasteiger partial charge in [-0.1, -0.05) is 6.07 Å². The normalized spacial score (nSPS) is 15.5. The van der Waals surface area contributed by atoms with E-state index in [4.69, 9.17) is 4.74 Å². The lowest BCUT2D eigenvalue weighted by Gasteiger charge is -2.22. The Morgan fingerprint density at radius 2 is 2.00 bits per heavy atom. The molecule has 3 rings (SSSR count). The Kier molecular flexibility index (Phi) is 6.12. The smallest absolute Gasteiger partial charge is 0.260 e. The average molecular weight is 358 g/mol. The highest BCUT2D eigenvalue weighted by Gasteiger charge is 2.19. The number of halogens is 1. The predicted octanol–water partition coefficient (Wildman–Crippen LogP) is 2.04. The molecule has 7 heteroatoms. The van der Waals surface area contributed by atoms with E-state index in [2.05, 4.69) is 14.9 Å². The fourth-order valence-electron chi connectivity index (χ4n) is 2.93. The molecule has 1 aliphatic heterocycles. The van der Waals surface area contributed by atoms with Gasteiger partial charge in [0.2, 0.25) is 0 Å². The van der Waals surface area contributed by atoms with Crippen molar-refractivity contribution in [1.82, 2.24) is 19.8 Å². The van der Waals surface area contributed by atoms with Gasteiger partial charge in [0.25, 0.3) is 5.91 Å². The van der Waals surface area contributed by atoms with Crippen molar-refractivity contribution in [1.29, 1.82) is 0 Å². The summed E-state index contributed by atoms with van der Waals surface area (Å²) in [5.74, 6) is 0.684. The molecule has 0 atom stereocenters. The molecule has 0 radical (unpaired) electrons. The van der Waals surface area contributed by atoms with Crippen LogP contribution in [-0.2, 0) is 11.3 Å². The van der Waals surface area contributed by atoms with Crippen LogP contribution in [0.1, 0.15) is 17.8 Å². The largest absolute Gasteiger partial charge is 0.484 e. The van der Waals surface area contributed by atoms with Crippen molar-refractivity contribution >= 4 is 5.91 Å². The molecule has 1 fully saturated rings. The van der Waals surface area contributed by atoms with Gasteiger partial charge in [0.15, 0.2) is 6.61 Å². The summed E-state index contributed by atoms with van der Waals surface area (Å²) in [6.07, 6.45) is 4.60. The number of carbonyl (C=O) groups is 1. The fraction of sp³-hybridized carbons (Fsp3) is 0.421. The van der Waals surface area contributed by atoms with Crippen molar-refractivity contribution < 1.29 is 13.9 Å². The van der Waals surface area contributed by atoms with Crippen LogP contribution in [-0.4, -0.2) is 58.5 Å². The molecule has 2 aromatic rings.